The summed E-state index contributed by atoms with van der Waals surface area (Å²) in [5, 5.41) is 3.55. The van der Waals surface area contributed by atoms with Crippen molar-refractivity contribution in [2.75, 3.05) is 7.05 Å². The minimum absolute atomic E-state index is 0.530. The fourth-order valence-corrected chi connectivity index (χ4v) is 3.68. The minimum Gasteiger partial charge on any atom is -0.326 e. The molecule has 1 aliphatic rings. The van der Waals surface area contributed by atoms with Crippen molar-refractivity contribution in [1.82, 2.24) is 14.9 Å². The number of likely N-dealkylation sites (N-methyl/N-ethyl adjacent to an activating group) is 1. The Labute approximate surface area is 127 Å². The van der Waals surface area contributed by atoms with Crippen molar-refractivity contribution in [1.29, 1.82) is 0 Å². The Morgan fingerprint density at radius 3 is 2.52 bits per heavy atom. The quantitative estimate of drug-likeness (QED) is 0.899. The molecule has 0 amide bonds. The highest BCUT2D eigenvalue weighted by Crippen LogP contribution is 2.30. The number of hydrogen-bond acceptors (Lipinski definition) is 2. The van der Waals surface area contributed by atoms with Gasteiger partial charge < -0.3 is 9.88 Å². The molecule has 1 saturated carbocycles. The second-order valence-electron chi connectivity index (χ2n) is 6.53. The summed E-state index contributed by atoms with van der Waals surface area (Å²) in [5.74, 6) is 0. The molecule has 2 unspecified atom stereocenters. The molecule has 1 N–H and O–H groups in total. The van der Waals surface area contributed by atoms with E-state index < -0.39 is 0 Å². The lowest BCUT2D eigenvalue weighted by Crippen LogP contribution is -2.35. The van der Waals surface area contributed by atoms with Gasteiger partial charge in [0, 0.05) is 6.04 Å². The highest BCUT2D eigenvalue weighted by atomic mass is 15.1. The van der Waals surface area contributed by atoms with Gasteiger partial charge in [-0.15, -0.1) is 0 Å². The normalized spacial score (nSPS) is 24.0. The van der Waals surface area contributed by atoms with Gasteiger partial charge in [0.25, 0.3) is 0 Å². The topological polar surface area (TPSA) is 29.9 Å². The van der Waals surface area contributed by atoms with E-state index in [4.69, 9.17) is 0 Å². The van der Waals surface area contributed by atoms with Crippen LogP contribution in [-0.2, 0) is 0 Å². The predicted octanol–water partition coefficient (Wildman–Crippen LogP) is 4.14. The number of benzene rings is 1. The van der Waals surface area contributed by atoms with Gasteiger partial charge in [0.1, 0.15) is 0 Å². The summed E-state index contributed by atoms with van der Waals surface area (Å²) in [6.07, 6.45) is 10.0. The van der Waals surface area contributed by atoms with E-state index in [-0.39, 0.29) is 0 Å². The lowest BCUT2D eigenvalue weighted by Gasteiger charge is -2.30. The standard InChI is InChI=1S/C18H27N3/c1-13-10-16-18(11-14(13)2)21(12-20-16)17-9-7-5-4-6-8-15(17)19-3/h10-12,15,17,19H,4-9H2,1-3H3. The summed E-state index contributed by atoms with van der Waals surface area (Å²) in [7, 11) is 2.10. The third kappa shape index (κ3) is 2.84. The summed E-state index contributed by atoms with van der Waals surface area (Å²) < 4.78 is 2.42. The molecule has 3 heteroatoms. The van der Waals surface area contributed by atoms with Crippen LogP contribution in [0.2, 0.25) is 0 Å². The maximum Gasteiger partial charge on any atom is 0.0961 e. The van der Waals surface area contributed by atoms with Gasteiger partial charge in [0.15, 0.2) is 0 Å². The van der Waals surface area contributed by atoms with E-state index in [0.29, 0.717) is 12.1 Å². The molecular formula is C18H27N3. The Morgan fingerprint density at radius 1 is 1.05 bits per heavy atom. The zero-order valence-corrected chi connectivity index (χ0v) is 13.5. The smallest absolute Gasteiger partial charge is 0.0961 e. The Balaban J connectivity index is 2.02. The van der Waals surface area contributed by atoms with Crippen LogP contribution in [0, 0.1) is 13.8 Å². The van der Waals surface area contributed by atoms with Crippen LogP contribution in [0.5, 0.6) is 0 Å². The van der Waals surface area contributed by atoms with Gasteiger partial charge >= 0.3 is 0 Å². The maximum atomic E-state index is 4.65. The van der Waals surface area contributed by atoms with E-state index in [2.05, 4.69) is 54.2 Å². The molecule has 114 valence electrons. The first kappa shape index (κ1) is 14.6. The number of fused-ring (bicyclic) bond motifs is 1. The number of aryl methyl sites for hydroxylation is 2. The van der Waals surface area contributed by atoms with E-state index >= 15 is 0 Å². The van der Waals surface area contributed by atoms with Crippen molar-refractivity contribution in [3.05, 3.63) is 29.6 Å². The van der Waals surface area contributed by atoms with E-state index in [1.807, 2.05) is 0 Å². The fraction of sp³-hybridized carbons (Fsp3) is 0.611. The molecule has 1 aromatic heterocycles. The van der Waals surface area contributed by atoms with Crippen molar-refractivity contribution < 1.29 is 0 Å². The van der Waals surface area contributed by atoms with Crippen molar-refractivity contribution in [3.8, 4) is 0 Å². The van der Waals surface area contributed by atoms with Crippen LogP contribution >= 0.6 is 0 Å². The predicted molar refractivity (Wildman–Crippen MR) is 88.8 cm³/mol. The zero-order valence-electron chi connectivity index (χ0n) is 13.5. The fourth-order valence-electron chi connectivity index (χ4n) is 3.68. The molecule has 1 aliphatic carbocycles. The van der Waals surface area contributed by atoms with Crippen molar-refractivity contribution in [2.24, 2.45) is 0 Å². The van der Waals surface area contributed by atoms with E-state index in [1.165, 1.54) is 55.2 Å². The Kier molecular flexibility index (Phi) is 4.29. The van der Waals surface area contributed by atoms with Crippen LogP contribution in [0.25, 0.3) is 11.0 Å². The molecule has 21 heavy (non-hydrogen) atoms. The summed E-state index contributed by atoms with van der Waals surface area (Å²) in [6.45, 7) is 4.36. The first-order valence-corrected chi connectivity index (χ1v) is 8.32. The summed E-state index contributed by atoms with van der Waals surface area (Å²) >= 11 is 0. The molecule has 0 radical (unpaired) electrons. The molecule has 3 nitrogen and oxygen atoms in total. The lowest BCUT2D eigenvalue weighted by atomic mass is 9.92. The lowest BCUT2D eigenvalue weighted by molar-refractivity contribution is 0.300. The van der Waals surface area contributed by atoms with E-state index in [0.717, 1.165) is 5.52 Å². The molecule has 3 rings (SSSR count). The molecule has 1 heterocycles. The van der Waals surface area contributed by atoms with E-state index in [9.17, 15) is 0 Å². The molecule has 2 atom stereocenters. The number of aromatic nitrogens is 2. The summed E-state index contributed by atoms with van der Waals surface area (Å²) in [5.41, 5.74) is 5.12. The third-order valence-corrected chi connectivity index (χ3v) is 5.15. The van der Waals surface area contributed by atoms with Crippen molar-refractivity contribution in [2.45, 2.75) is 64.5 Å². The van der Waals surface area contributed by atoms with Gasteiger partial charge in [-0.2, -0.15) is 0 Å². The monoisotopic (exact) mass is 285 g/mol. The van der Waals surface area contributed by atoms with Crippen molar-refractivity contribution >= 4 is 11.0 Å². The van der Waals surface area contributed by atoms with Gasteiger partial charge in [-0.25, -0.2) is 4.98 Å². The van der Waals surface area contributed by atoms with Crippen molar-refractivity contribution in [3.63, 3.8) is 0 Å². The number of nitrogens with one attached hydrogen (secondary N) is 1. The highest BCUT2D eigenvalue weighted by Gasteiger charge is 2.24. The van der Waals surface area contributed by atoms with Crippen LogP contribution in [0.15, 0.2) is 18.5 Å². The first-order chi connectivity index (χ1) is 10.2. The Bertz CT molecular complexity index is 614. The minimum atomic E-state index is 0.530. The van der Waals surface area contributed by atoms with Crippen LogP contribution in [0.3, 0.4) is 0 Å². The second kappa shape index (κ2) is 6.18. The molecule has 0 spiro atoms. The van der Waals surface area contributed by atoms with Gasteiger partial charge in [-0.05, 0) is 57.0 Å². The largest absolute Gasteiger partial charge is 0.326 e. The molecule has 0 saturated heterocycles. The SMILES string of the molecule is CNC1CCCCCCC1n1cnc2cc(C)c(C)cc21. The van der Waals surface area contributed by atoms with Crippen LogP contribution in [0.4, 0.5) is 0 Å². The highest BCUT2D eigenvalue weighted by molar-refractivity contribution is 5.77. The number of rotatable bonds is 2. The van der Waals surface area contributed by atoms with Gasteiger partial charge in [0.05, 0.1) is 23.4 Å². The van der Waals surface area contributed by atoms with Gasteiger partial charge in [0.2, 0.25) is 0 Å². The molecule has 2 aromatic rings. The van der Waals surface area contributed by atoms with Gasteiger partial charge in [-0.3, -0.25) is 0 Å². The average molecular weight is 285 g/mol. The number of nitrogens with zero attached hydrogens (tertiary/aromatic N) is 2. The molecule has 1 aromatic carbocycles. The molecule has 1 fully saturated rings. The zero-order chi connectivity index (χ0) is 14.8. The number of hydrogen-bond donors (Lipinski definition) is 1. The molecule has 0 bridgehead atoms. The Hall–Kier alpha value is -1.35. The summed E-state index contributed by atoms with van der Waals surface area (Å²) in [6, 6.07) is 5.62. The van der Waals surface area contributed by atoms with Crippen LogP contribution in [0.1, 0.15) is 55.7 Å². The van der Waals surface area contributed by atoms with Crippen LogP contribution < -0.4 is 5.32 Å². The average Bonchev–Trinajstić information content (AvgIpc) is 2.82. The molecular weight excluding hydrogens is 258 g/mol. The Morgan fingerprint density at radius 2 is 1.76 bits per heavy atom. The first-order valence-electron chi connectivity index (χ1n) is 8.32. The summed E-state index contributed by atoms with van der Waals surface area (Å²) in [4.78, 5) is 4.65. The second-order valence-corrected chi connectivity index (χ2v) is 6.53. The van der Waals surface area contributed by atoms with E-state index in [1.54, 1.807) is 0 Å². The van der Waals surface area contributed by atoms with Gasteiger partial charge in [-0.1, -0.05) is 25.7 Å². The number of imidazole rings is 1. The molecule has 0 aliphatic heterocycles. The third-order valence-electron chi connectivity index (χ3n) is 5.15. The maximum absolute atomic E-state index is 4.65. The van der Waals surface area contributed by atoms with Crippen LogP contribution in [-0.4, -0.2) is 22.6 Å².